The summed E-state index contributed by atoms with van der Waals surface area (Å²) in [6.45, 7) is 3.54. The number of hydrogen-bond donors (Lipinski definition) is 4. The van der Waals surface area contributed by atoms with Crippen molar-refractivity contribution in [2.45, 2.75) is 32.3 Å². The summed E-state index contributed by atoms with van der Waals surface area (Å²) in [5.74, 6) is -0.0336. The lowest BCUT2D eigenvalue weighted by atomic mass is 9.94. The van der Waals surface area contributed by atoms with Crippen molar-refractivity contribution in [2.24, 2.45) is 5.92 Å². The fourth-order valence-electron chi connectivity index (χ4n) is 3.24. The fraction of sp³-hybridized carbons (Fsp3) is 0.600. The highest BCUT2D eigenvalue weighted by atomic mass is 35.5. The first kappa shape index (κ1) is 17.0. The number of aliphatic hydroxyl groups excluding tert-OH is 1. The fourth-order valence-corrected chi connectivity index (χ4v) is 3.24. The average Bonchev–Trinajstić information content (AvgIpc) is 3.01. The molecule has 122 valence electrons. The maximum atomic E-state index is 12.3. The molecule has 1 saturated heterocycles. The summed E-state index contributed by atoms with van der Waals surface area (Å²) in [6.07, 6.45) is 1.81. The van der Waals surface area contributed by atoms with Crippen LogP contribution in [0, 0.1) is 12.8 Å². The van der Waals surface area contributed by atoms with Crippen LogP contribution in [0.5, 0.6) is 0 Å². The molecule has 1 fully saturated rings. The van der Waals surface area contributed by atoms with E-state index in [4.69, 9.17) is 0 Å². The van der Waals surface area contributed by atoms with Gasteiger partial charge in [0.25, 0.3) is 5.91 Å². The molecule has 1 amide bonds. The lowest BCUT2D eigenvalue weighted by Crippen LogP contribution is -2.34. The molecule has 2 unspecified atom stereocenters. The second kappa shape index (κ2) is 6.81. The highest BCUT2D eigenvalue weighted by Gasteiger charge is 2.28. The van der Waals surface area contributed by atoms with Gasteiger partial charge in [-0.1, -0.05) is 0 Å². The molecule has 2 atom stereocenters. The van der Waals surface area contributed by atoms with Gasteiger partial charge in [0.15, 0.2) is 5.78 Å². The van der Waals surface area contributed by atoms with Gasteiger partial charge in [0.1, 0.15) is 5.69 Å². The molecule has 22 heavy (non-hydrogen) atoms. The molecule has 0 saturated carbocycles. The summed E-state index contributed by atoms with van der Waals surface area (Å²) < 4.78 is 0. The van der Waals surface area contributed by atoms with E-state index in [2.05, 4.69) is 15.6 Å². The topological polar surface area (TPSA) is 94.2 Å². The highest BCUT2D eigenvalue weighted by Crippen LogP contribution is 2.26. The molecule has 1 aromatic heterocycles. The minimum atomic E-state index is -0.412. The molecular formula is C15H22ClN3O3. The van der Waals surface area contributed by atoms with E-state index < -0.39 is 6.10 Å². The Balaban J connectivity index is 0.00000176. The van der Waals surface area contributed by atoms with Gasteiger partial charge in [0, 0.05) is 43.2 Å². The third-order valence-electron chi connectivity index (χ3n) is 4.49. The molecule has 1 aliphatic carbocycles. The van der Waals surface area contributed by atoms with Crippen molar-refractivity contribution in [3.05, 3.63) is 22.5 Å². The molecule has 6 nitrogen and oxygen atoms in total. The highest BCUT2D eigenvalue weighted by molar-refractivity contribution is 6.04. The Hall–Kier alpha value is -1.37. The monoisotopic (exact) mass is 327 g/mol. The van der Waals surface area contributed by atoms with E-state index in [-0.39, 0.29) is 30.0 Å². The Morgan fingerprint density at radius 3 is 2.77 bits per heavy atom. The lowest BCUT2D eigenvalue weighted by molar-refractivity contribution is 0.0921. The maximum absolute atomic E-state index is 12.3. The van der Waals surface area contributed by atoms with Crippen molar-refractivity contribution in [1.82, 2.24) is 15.6 Å². The van der Waals surface area contributed by atoms with Gasteiger partial charge in [-0.25, -0.2) is 0 Å². The zero-order valence-corrected chi connectivity index (χ0v) is 13.4. The summed E-state index contributed by atoms with van der Waals surface area (Å²) in [7, 11) is 0. The van der Waals surface area contributed by atoms with Crippen molar-refractivity contribution in [2.75, 3.05) is 19.6 Å². The van der Waals surface area contributed by atoms with Gasteiger partial charge in [0.2, 0.25) is 0 Å². The third-order valence-corrected chi connectivity index (χ3v) is 4.49. The SMILES string of the molecule is Cc1c(C(=O)NCC2CNCC2O)[nH]c2c1C(=O)CCC2.Cl. The Labute approximate surface area is 135 Å². The average molecular weight is 328 g/mol. The number of fused-ring (bicyclic) bond motifs is 1. The van der Waals surface area contributed by atoms with Crippen LogP contribution < -0.4 is 10.6 Å². The maximum Gasteiger partial charge on any atom is 0.268 e. The number of carbonyl (C=O) groups excluding carboxylic acids is 2. The van der Waals surface area contributed by atoms with Crippen LogP contribution in [0.25, 0.3) is 0 Å². The minimum Gasteiger partial charge on any atom is -0.391 e. The molecule has 2 heterocycles. The number of rotatable bonds is 3. The molecule has 0 bridgehead atoms. The number of aliphatic hydroxyl groups is 1. The van der Waals surface area contributed by atoms with Crippen molar-refractivity contribution in [1.29, 1.82) is 0 Å². The van der Waals surface area contributed by atoms with E-state index in [0.717, 1.165) is 24.1 Å². The number of nitrogens with one attached hydrogen (secondary N) is 3. The van der Waals surface area contributed by atoms with Crippen LogP contribution in [0.1, 0.15) is 44.9 Å². The van der Waals surface area contributed by atoms with Gasteiger partial charge in [-0.3, -0.25) is 9.59 Å². The van der Waals surface area contributed by atoms with E-state index in [1.165, 1.54) is 0 Å². The van der Waals surface area contributed by atoms with Gasteiger partial charge in [-0.2, -0.15) is 0 Å². The molecule has 1 aliphatic heterocycles. The smallest absolute Gasteiger partial charge is 0.268 e. The number of ketones is 1. The number of Topliss-reactive ketones (excluding diaryl/α,β-unsaturated/α-hetero) is 1. The summed E-state index contributed by atoms with van der Waals surface area (Å²) in [5, 5.41) is 15.7. The van der Waals surface area contributed by atoms with Crippen LogP contribution in [0.2, 0.25) is 0 Å². The van der Waals surface area contributed by atoms with E-state index in [1.54, 1.807) is 0 Å². The number of amides is 1. The minimum absolute atomic E-state index is 0. The van der Waals surface area contributed by atoms with Crippen LogP contribution >= 0.6 is 12.4 Å². The van der Waals surface area contributed by atoms with E-state index in [9.17, 15) is 14.7 Å². The van der Waals surface area contributed by atoms with E-state index >= 15 is 0 Å². The summed E-state index contributed by atoms with van der Waals surface area (Å²) in [5.41, 5.74) is 2.82. The number of β-amino-alcohol motifs (C(OH)–C–C–N with tert-alkyl or cyclic N) is 1. The normalized spacial score (nSPS) is 23.8. The molecular weight excluding hydrogens is 306 g/mol. The van der Waals surface area contributed by atoms with Gasteiger partial charge in [0.05, 0.1) is 6.10 Å². The summed E-state index contributed by atoms with van der Waals surface area (Å²) in [4.78, 5) is 27.4. The van der Waals surface area contributed by atoms with E-state index in [0.29, 0.717) is 37.3 Å². The van der Waals surface area contributed by atoms with Gasteiger partial charge in [-0.05, 0) is 25.3 Å². The molecule has 0 radical (unpaired) electrons. The molecule has 1 aromatic rings. The molecule has 0 spiro atoms. The Kier molecular flexibility index (Phi) is 5.26. The van der Waals surface area contributed by atoms with E-state index in [1.807, 2.05) is 6.92 Å². The molecule has 4 N–H and O–H groups in total. The Morgan fingerprint density at radius 1 is 1.36 bits per heavy atom. The first-order valence-electron chi connectivity index (χ1n) is 7.49. The quantitative estimate of drug-likeness (QED) is 0.653. The molecule has 7 heteroatoms. The van der Waals surface area contributed by atoms with Crippen molar-refractivity contribution in [3.63, 3.8) is 0 Å². The standard InChI is InChI=1S/C15H21N3O3.ClH/c1-8-13-10(3-2-4-11(13)19)18-14(8)15(21)17-6-9-5-16-7-12(9)20;/h9,12,16,18,20H,2-7H2,1H3,(H,17,21);1H. The number of H-pyrrole nitrogens is 1. The Bertz CT molecular complexity index is 585. The van der Waals surface area contributed by atoms with Crippen molar-refractivity contribution >= 4 is 24.1 Å². The van der Waals surface area contributed by atoms with Crippen LogP contribution in [0.4, 0.5) is 0 Å². The van der Waals surface area contributed by atoms with Crippen LogP contribution in [0.3, 0.4) is 0 Å². The van der Waals surface area contributed by atoms with Crippen LogP contribution in [-0.2, 0) is 6.42 Å². The zero-order chi connectivity index (χ0) is 15.0. The predicted octanol–water partition coefficient (Wildman–Crippen LogP) is 0.574. The van der Waals surface area contributed by atoms with Crippen LogP contribution in [0.15, 0.2) is 0 Å². The summed E-state index contributed by atoms with van der Waals surface area (Å²) >= 11 is 0. The van der Waals surface area contributed by atoms with Crippen LogP contribution in [-0.4, -0.2) is 47.5 Å². The first-order valence-corrected chi connectivity index (χ1v) is 7.49. The number of halogens is 1. The van der Waals surface area contributed by atoms with Crippen molar-refractivity contribution in [3.8, 4) is 0 Å². The number of aromatic amines is 1. The first-order chi connectivity index (χ1) is 10.1. The summed E-state index contributed by atoms with van der Waals surface area (Å²) in [6, 6.07) is 0. The van der Waals surface area contributed by atoms with Gasteiger partial charge in [-0.15, -0.1) is 12.4 Å². The second-order valence-electron chi connectivity index (χ2n) is 5.95. The molecule has 2 aliphatic rings. The zero-order valence-electron chi connectivity index (χ0n) is 12.6. The van der Waals surface area contributed by atoms with Gasteiger partial charge >= 0.3 is 0 Å². The van der Waals surface area contributed by atoms with Gasteiger partial charge < -0.3 is 20.7 Å². The third kappa shape index (κ3) is 3.04. The number of carbonyl (C=O) groups is 2. The second-order valence-corrected chi connectivity index (χ2v) is 5.95. The molecule has 3 rings (SSSR count). The number of aromatic nitrogens is 1. The predicted molar refractivity (Wildman–Crippen MR) is 84.7 cm³/mol. The lowest BCUT2D eigenvalue weighted by Gasteiger charge is -2.13. The largest absolute Gasteiger partial charge is 0.391 e. The van der Waals surface area contributed by atoms with Crippen molar-refractivity contribution < 1.29 is 14.7 Å². The molecule has 0 aromatic carbocycles. The Morgan fingerprint density at radius 2 is 2.14 bits per heavy atom. The number of hydrogen-bond acceptors (Lipinski definition) is 4. The number of aryl methyl sites for hydroxylation is 1.